The molecule has 23 heavy (non-hydrogen) atoms. The first kappa shape index (κ1) is 18.7. The fraction of sp³-hybridized carbons (Fsp3) is 0.0625. The lowest BCUT2D eigenvalue weighted by molar-refractivity contribution is 0.769. The number of fused-ring (bicyclic) bond motifs is 1. The van der Waals surface area contributed by atoms with Gasteiger partial charge in [-0.2, -0.15) is 0 Å². The van der Waals surface area contributed by atoms with Gasteiger partial charge < -0.3 is 11.5 Å². The summed E-state index contributed by atoms with van der Waals surface area (Å²) in [4.78, 5) is 4.65. The highest BCUT2D eigenvalue weighted by molar-refractivity contribution is 6.24. The summed E-state index contributed by atoms with van der Waals surface area (Å²) in [5.74, 6) is -0.266. The lowest BCUT2D eigenvalue weighted by atomic mass is 9.81. The van der Waals surface area contributed by atoms with Crippen LogP contribution in [0.1, 0.15) is 5.56 Å². The van der Waals surface area contributed by atoms with Gasteiger partial charge in [-0.25, -0.2) is 0 Å². The van der Waals surface area contributed by atoms with Crippen LogP contribution in [0.15, 0.2) is 59.6 Å². The molecule has 2 aromatic rings. The third-order valence-corrected chi connectivity index (χ3v) is 3.67. The maximum atomic E-state index is 8.09. The number of nitrogens with one attached hydrogen (secondary N) is 2. The maximum absolute atomic E-state index is 8.09. The molecular formula is C16H17Cl2N5. The summed E-state index contributed by atoms with van der Waals surface area (Å²) in [7, 11) is 0. The smallest absolute Gasteiger partial charge is 0.172 e. The van der Waals surface area contributed by atoms with Crippen molar-refractivity contribution in [3.8, 4) is 0 Å². The number of hydrogen-bond donors (Lipinski definition) is 4. The molecule has 1 aliphatic rings. The van der Waals surface area contributed by atoms with E-state index >= 15 is 0 Å². The van der Waals surface area contributed by atoms with E-state index in [1.54, 1.807) is 0 Å². The van der Waals surface area contributed by atoms with E-state index in [0.29, 0.717) is 10.9 Å². The van der Waals surface area contributed by atoms with Crippen molar-refractivity contribution in [3.63, 3.8) is 0 Å². The van der Waals surface area contributed by atoms with Crippen molar-refractivity contribution in [2.75, 3.05) is 0 Å². The van der Waals surface area contributed by atoms with Crippen molar-refractivity contribution in [2.24, 2.45) is 16.5 Å². The van der Waals surface area contributed by atoms with E-state index in [0.717, 1.165) is 10.8 Å². The highest BCUT2D eigenvalue weighted by Gasteiger charge is 2.44. The number of hydrogen-bond acceptors (Lipinski definition) is 3. The van der Waals surface area contributed by atoms with Crippen LogP contribution in [0.5, 0.6) is 0 Å². The van der Waals surface area contributed by atoms with Crippen LogP contribution in [0.25, 0.3) is 5.57 Å². The number of halogens is 2. The van der Waals surface area contributed by atoms with E-state index in [1.165, 1.54) is 0 Å². The van der Waals surface area contributed by atoms with Gasteiger partial charge >= 0.3 is 0 Å². The van der Waals surface area contributed by atoms with Gasteiger partial charge in [-0.15, -0.1) is 24.8 Å². The van der Waals surface area contributed by atoms with Crippen molar-refractivity contribution in [1.82, 2.24) is 0 Å². The largest absolute Gasteiger partial charge is 0.385 e. The molecule has 1 unspecified atom stereocenters. The van der Waals surface area contributed by atoms with Crippen LogP contribution in [0.4, 0.5) is 0 Å². The van der Waals surface area contributed by atoms with Gasteiger partial charge in [0.1, 0.15) is 11.7 Å². The average molecular weight is 350 g/mol. The Hall–Kier alpha value is -2.37. The predicted molar refractivity (Wildman–Crippen MR) is 97.1 cm³/mol. The molecule has 0 saturated carbocycles. The second-order valence-electron chi connectivity index (χ2n) is 4.91. The second-order valence-corrected chi connectivity index (χ2v) is 4.91. The van der Waals surface area contributed by atoms with Crippen molar-refractivity contribution in [2.45, 2.75) is 5.54 Å². The van der Waals surface area contributed by atoms with Crippen molar-refractivity contribution in [1.29, 1.82) is 10.8 Å². The number of nitrogens with zero attached hydrogens (tertiary/aromatic N) is 1. The zero-order valence-corrected chi connectivity index (χ0v) is 13.7. The van der Waals surface area contributed by atoms with Gasteiger partial charge in [-0.3, -0.25) is 15.8 Å². The summed E-state index contributed by atoms with van der Waals surface area (Å²) in [5.41, 5.74) is 11.7. The Morgan fingerprint density at radius 3 is 2.00 bits per heavy atom. The number of para-hydroxylation sites is 1. The molecule has 6 N–H and O–H groups in total. The molecule has 0 fully saturated rings. The first-order chi connectivity index (χ1) is 10.1. The minimum absolute atomic E-state index is 0. The topological polar surface area (TPSA) is 112 Å². The molecule has 0 aliphatic carbocycles. The Balaban J connectivity index is 0.00000132. The standard InChI is InChI=1S/C16H15N5.2ClH/c17-14(18)13-11-8-4-5-9-12(11)21-16(13,15(19)20)10-6-2-1-3-7-10;;/h1-9H,(H3,17,18)(H3,19,20);2*1H. The fourth-order valence-electron chi connectivity index (χ4n) is 2.79. The molecular weight excluding hydrogens is 333 g/mol. The van der Waals surface area contributed by atoms with Gasteiger partial charge in [-0.1, -0.05) is 48.5 Å². The van der Waals surface area contributed by atoms with Crippen LogP contribution < -0.4 is 22.0 Å². The molecule has 1 aliphatic heterocycles. The Labute approximate surface area is 146 Å². The van der Waals surface area contributed by atoms with E-state index in [-0.39, 0.29) is 36.5 Å². The van der Waals surface area contributed by atoms with Gasteiger partial charge in [0.25, 0.3) is 0 Å². The number of benzene rings is 2. The van der Waals surface area contributed by atoms with E-state index < -0.39 is 5.54 Å². The number of amidine groups is 2. The van der Waals surface area contributed by atoms with E-state index in [4.69, 9.17) is 22.3 Å². The molecule has 3 rings (SSSR count). The van der Waals surface area contributed by atoms with Gasteiger partial charge in [0, 0.05) is 10.8 Å². The Kier molecular flexibility index (Phi) is 5.53. The average Bonchev–Trinajstić information content (AvgIpc) is 2.84. The Morgan fingerprint density at radius 1 is 0.870 bits per heavy atom. The van der Waals surface area contributed by atoms with Gasteiger partial charge in [0.2, 0.25) is 0 Å². The van der Waals surface area contributed by atoms with Crippen LogP contribution in [0.2, 0.25) is 0 Å². The normalized spacial score (nSPS) is 18.0. The van der Waals surface area contributed by atoms with Crippen LogP contribution in [-0.2, 0) is 5.54 Å². The summed E-state index contributed by atoms with van der Waals surface area (Å²) in [6.07, 6.45) is 0. The first-order valence-corrected chi connectivity index (χ1v) is 6.51. The van der Waals surface area contributed by atoms with E-state index in [1.807, 2.05) is 54.6 Å². The SMILES string of the molecule is Cl.Cl.N=C(N)C1=c2ccccc2=NC1(C(=N)N)c1ccccc1. The Bertz CT molecular complexity index is 864. The summed E-state index contributed by atoms with van der Waals surface area (Å²) < 4.78 is 0. The first-order valence-electron chi connectivity index (χ1n) is 6.51. The lowest BCUT2D eigenvalue weighted by Gasteiger charge is -2.28. The highest BCUT2D eigenvalue weighted by Crippen LogP contribution is 2.35. The van der Waals surface area contributed by atoms with Crippen molar-refractivity contribution < 1.29 is 0 Å². The second kappa shape index (κ2) is 6.81. The lowest BCUT2D eigenvalue weighted by Crippen LogP contribution is -2.43. The van der Waals surface area contributed by atoms with Crippen molar-refractivity contribution in [3.05, 3.63) is 70.7 Å². The summed E-state index contributed by atoms with van der Waals surface area (Å²) in [6.45, 7) is 0. The van der Waals surface area contributed by atoms with Crippen LogP contribution in [0, 0.1) is 10.8 Å². The Morgan fingerprint density at radius 2 is 1.43 bits per heavy atom. The predicted octanol–water partition coefficient (Wildman–Crippen LogP) is 1.08. The molecule has 0 amide bonds. The summed E-state index contributed by atoms with van der Waals surface area (Å²) in [6, 6.07) is 16.7. The van der Waals surface area contributed by atoms with Crippen LogP contribution >= 0.6 is 24.8 Å². The molecule has 2 aromatic carbocycles. The van der Waals surface area contributed by atoms with Crippen molar-refractivity contribution >= 4 is 42.1 Å². The molecule has 5 nitrogen and oxygen atoms in total. The molecule has 0 bridgehead atoms. The molecule has 1 atom stereocenters. The van der Waals surface area contributed by atoms with Gasteiger partial charge in [0.15, 0.2) is 5.54 Å². The van der Waals surface area contributed by atoms with Crippen LogP contribution in [0.3, 0.4) is 0 Å². The third kappa shape index (κ3) is 2.69. The zero-order chi connectivity index (χ0) is 15.0. The fourth-order valence-corrected chi connectivity index (χ4v) is 2.79. The number of nitrogens with two attached hydrogens (primary N) is 2. The molecule has 1 heterocycles. The van der Waals surface area contributed by atoms with Gasteiger partial charge in [0.05, 0.1) is 5.36 Å². The number of rotatable bonds is 3. The van der Waals surface area contributed by atoms with E-state index in [2.05, 4.69) is 4.99 Å². The minimum Gasteiger partial charge on any atom is -0.385 e. The minimum atomic E-state index is -1.21. The molecule has 7 heteroatoms. The van der Waals surface area contributed by atoms with Crippen LogP contribution in [-0.4, -0.2) is 11.7 Å². The van der Waals surface area contributed by atoms with E-state index in [9.17, 15) is 0 Å². The molecule has 0 radical (unpaired) electrons. The highest BCUT2D eigenvalue weighted by atomic mass is 35.5. The van der Waals surface area contributed by atoms with Gasteiger partial charge in [-0.05, 0) is 11.6 Å². The quantitative estimate of drug-likeness (QED) is 0.490. The molecule has 120 valence electrons. The molecule has 0 spiro atoms. The molecule has 0 saturated heterocycles. The monoisotopic (exact) mass is 349 g/mol. The maximum Gasteiger partial charge on any atom is 0.172 e. The third-order valence-electron chi connectivity index (χ3n) is 3.67. The molecule has 0 aromatic heterocycles. The zero-order valence-electron chi connectivity index (χ0n) is 12.1. The summed E-state index contributed by atoms with van der Waals surface area (Å²) in [5, 5.41) is 17.5. The summed E-state index contributed by atoms with van der Waals surface area (Å²) >= 11 is 0.